The summed E-state index contributed by atoms with van der Waals surface area (Å²) in [6.45, 7) is 3.32. The van der Waals surface area contributed by atoms with Crippen LogP contribution in [0.5, 0.6) is 0 Å². The van der Waals surface area contributed by atoms with Gasteiger partial charge in [-0.3, -0.25) is 4.79 Å². The van der Waals surface area contributed by atoms with Gasteiger partial charge in [-0.25, -0.2) is 0 Å². The molecule has 1 aliphatic rings. The molecular formula is C14H22N2O2. The van der Waals surface area contributed by atoms with E-state index in [4.69, 9.17) is 10.2 Å². The predicted octanol–water partition coefficient (Wildman–Crippen LogP) is 2.53. The summed E-state index contributed by atoms with van der Waals surface area (Å²) >= 11 is 0. The van der Waals surface area contributed by atoms with Crippen molar-refractivity contribution in [3.8, 4) is 0 Å². The molecule has 0 bridgehead atoms. The van der Waals surface area contributed by atoms with Gasteiger partial charge >= 0.3 is 0 Å². The lowest BCUT2D eigenvalue weighted by Gasteiger charge is -2.28. The van der Waals surface area contributed by atoms with Crippen molar-refractivity contribution in [2.75, 3.05) is 6.54 Å². The molecule has 2 rings (SSSR count). The fraction of sp³-hybridized carbons (Fsp3) is 0.643. The molecule has 0 spiro atoms. The Hall–Kier alpha value is -1.29. The van der Waals surface area contributed by atoms with Gasteiger partial charge in [0.1, 0.15) is 5.76 Å². The second-order valence-electron chi connectivity index (χ2n) is 4.88. The summed E-state index contributed by atoms with van der Waals surface area (Å²) in [5, 5.41) is 0. The summed E-state index contributed by atoms with van der Waals surface area (Å²) in [5.41, 5.74) is 5.50. The third-order valence-electron chi connectivity index (χ3n) is 3.68. The van der Waals surface area contributed by atoms with E-state index in [0.29, 0.717) is 24.1 Å². The normalized spacial score (nSPS) is 20.8. The standard InChI is InChI=1S/C14H22N2O2/c1-2-11-6-4-3-5-9-16(11)14(17)13-8-7-12(10-15)18-13/h7-8,11H,2-6,9-10,15H2,1H3. The summed E-state index contributed by atoms with van der Waals surface area (Å²) in [6.07, 6.45) is 5.64. The molecule has 0 radical (unpaired) electrons. The second-order valence-corrected chi connectivity index (χ2v) is 4.88. The maximum atomic E-state index is 12.4. The zero-order chi connectivity index (χ0) is 13.0. The number of carbonyl (C=O) groups is 1. The fourth-order valence-corrected chi connectivity index (χ4v) is 2.61. The minimum absolute atomic E-state index is 0.0171. The van der Waals surface area contributed by atoms with Crippen LogP contribution in [-0.4, -0.2) is 23.4 Å². The highest BCUT2D eigenvalue weighted by Crippen LogP contribution is 2.22. The van der Waals surface area contributed by atoms with E-state index in [1.54, 1.807) is 12.1 Å². The molecule has 1 fully saturated rings. The molecule has 1 amide bonds. The van der Waals surface area contributed by atoms with Crippen LogP contribution in [0.3, 0.4) is 0 Å². The van der Waals surface area contributed by atoms with Gasteiger partial charge in [0.05, 0.1) is 6.54 Å². The lowest BCUT2D eigenvalue weighted by Crippen LogP contribution is -2.39. The Labute approximate surface area is 108 Å². The summed E-state index contributed by atoms with van der Waals surface area (Å²) < 4.78 is 5.47. The summed E-state index contributed by atoms with van der Waals surface area (Å²) in [6, 6.07) is 3.88. The Morgan fingerprint density at radius 1 is 1.44 bits per heavy atom. The first kappa shape index (κ1) is 13.1. The Morgan fingerprint density at radius 2 is 2.28 bits per heavy atom. The van der Waals surface area contributed by atoms with Crippen molar-refractivity contribution in [1.29, 1.82) is 0 Å². The molecule has 2 heterocycles. The third-order valence-corrected chi connectivity index (χ3v) is 3.68. The molecule has 1 aromatic rings. The highest BCUT2D eigenvalue weighted by Gasteiger charge is 2.26. The molecule has 0 aliphatic carbocycles. The molecule has 4 heteroatoms. The van der Waals surface area contributed by atoms with Crippen LogP contribution in [0.2, 0.25) is 0 Å². The van der Waals surface area contributed by atoms with E-state index < -0.39 is 0 Å². The van der Waals surface area contributed by atoms with E-state index in [0.717, 1.165) is 25.8 Å². The number of amides is 1. The molecule has 100 valence electrons. The summed E-state index contributed by atoms with van der Waals surface area (Å²) in [4.78, 5) is 14.4. The molecule has 1 unspecified atom stereocenters. The number of hydrogen-bond donors (Lipinski definition) is 1. The SMILES string of the molecule is CCC1CCCCCN1C(=O)c1ccc(CN)o1. The Morgan fingerprint density at radius 3 is 2.94 bits per heavy atom. The van der Waals surface area contributed by atoms with Crippen molar-refractivity contribution >= 4 is 5.91 Å². The summed E-state index contributed by atoms with van der Waals surface area (Å²) in [7, 11) is 0. The van der Waals surface area contributed by atoms with Gasteiger partial charge in [0.2, 0.25) is 0 Å². The van der Waals surface area contributed by atoms with Crippen LogP contribution in [0.25, 0.3) is 0 Å². The zero-order valence-corrected chi connectivity index (χ0v) is 11.0. The number of rotatable bonds is 3. The van der Waals surface area contributed by atoms with E-state index in [9.17, 15) is 4.79 Å². The average Bonchev–Trinajstić information content (AvgIpc) is 2.75. The molecule has 2 N–H and O–H groups in total. The van der Waals surface area contributed by atoms with Gasteiger partial charge in [-0.2, -0.15) is 0 Å². The maximum absolute atomic E-state index is 12.4. The number of nitrogens with zero attached hydrogens (tertiary/aromatic N) is 1. The number of nitrogens with two attached hydrogens (primary N) is 1. The molecule has 1 atom stereocenters. The van der Waals surface area contributed by atoms with Gasteiger partial charge in [0.15, 0.2) is 5.76 Å². The van der Waals surface area contributed by atoms with Gasteiger partial charge in [-0.15, -0.1) is 0 Å². The van der Waals surface area contributed by atoms with Crippen LogP contribution in [-0.2, 0) is 6.54 Å². The van der Waals surface area contributed by atoms with Crippen molar-refractivity contribution in [2.24, 2.45) is 5.73 Å². The third kappa shape index (κ3) is 2.75. The smallest absolute Gasteiger partial charge is 0.289 e. The zero-order valence-electron chi connectivity index (χ0n) is 11.0. The molecule has 1 saturated heterocycles. The van der Waals surface area contributed by atoms with Crippen LogP contribution >= 0.6 is 0 Å². The van der Waals surface area contributed by atoms with Crippen molar-refractivity contribution in [3.05, 3.63) is 23.7 Å². The first-order chi connectivity index (χ1) is 8.76. The van der Waals surface area contributed by atoms with Crippen molar-refractivity contribution in [2.45, 2.75) is 51.6 Å². The van der Waals surface area contributed by atoms with Gasteiger partial charge < -0.3 is 15.1 Å². The lowest BCUT2D eigenvalue weighted by molar-refractivity contribution is 0.0643. The molecule has 4 nitrogen and oxygen atoms in total. The van der Waals surface area contributed by atoms with Crippen molar-refractivity contribution in [1.82, 2.24) is 4.90 Å². The monoisotopic (exact) mass is 250 g/mol. The minimum Gasteiger partial charge on any atom is -0.455 e. The topological polar surface area (TPSA) is 59.5 Å². The van der Waals surface area contributed by atoms with Gasteiger partial charge in [-0.05, 0) is 31.4 Å². The van der Waals surface area contributed by atoms with Crippen LogP contribution in [0, 0.1) is 0 Å². The number of likely N-dealkylation sites (tertiary alicyclic amines) is 1. The van der Waals surface area contributed by atoms with Crippen LogP contribution < -0.4 is 5.73 Å². The highest BCUT2D eigenvalue weighted by molar-refractivity contribution is 5.91. The molecular weight excluding hydrogens is 228 g/mol. The van der Waals surface area contributed by atoms with Crippen molar-refractivity contribution < 1.29 is 9.21 Å². The van der Waals surface area contributed by atoms with Gasteiger partial charge in [0.25, 0.3) is 5.91 Å². The molecule has 1 aromatic heterocycles. The van der Waals surface area contributed by atoms with Crippen molar-refractivity contribution in [3.63, 3.8) is 0 Å². The first-order valence-electron chi connectivity index (χ1n) is 6.86. The second kappa shape index (κ2) is 6.05. The largest absolute Gasteiger partial charge is 0.455 e. The highest BCUT2D eigenvalue weighted by atomic mass is 16.4. The van der Waals surface area contributed by atoms with E-state index in [1.165, 1.54) is 12.8 Å². The minimum atomic E-state index is 0.0171. The van der Waals surface area contributed by atoms with E-state index >= 15 is 0 Å². The Kier molecular flexibility index (Phi) is 4.42. The predicted molar refractivity (Wildman–Crippen MR) is 70.2 cm³/mol. The van der Waals surface area contributed by atoms with E-state index in [-0.39, 0.29) is 5.91 Å². The average molecular weight is 250 g/mol. The van der Waals surface area contributed by atoms with Gasteiger partial charge in [0, 0.05) is 12.6 Å². The first-order valence-corrected chi connectivity index (χ1v) is 6.86. The number of furan rings is 1. The number of hydrogen-bond acceptors (Lipinski definition) is 3. The van der Waals surface area contributed by atoms with E-state index in [2.05, 4.69) is 6.92 Å². The molecule has 0 aromatic carbocycles. The quantitative estimate of drug-likeness (QED) is 0.896. The van der Waals surface area contributed by atoms with Crippen LogP contribution in [0.1, 0.15) is 55.3 Å². The Balaban J connectivity index is 2.14. The fourth-order valence-electron chi connectivity index (χ4n) is 2.61. The molecule has 1 aliphatic heterocycles. The maximum Gasteiger partial charge on any atom is 0.289 e. The molecule has 0 saturated carbocycles. The van der Waals surface area contributed by atoms with Crippen LogP contribution in [0.15, 0.2) is 16.5 Å². The lowest BCUT2D eigenvalue weighted by atomic mass is 10.1. The van der Waals surface area contributed by atoms with E-state index in [1.807, 2.05) is 4.90 Å². The van der Waals surface area contributed by atoms with Crippen LogP contribution in [0.4, 0.5) is 0 Å². The number of carbonyl (C=O) groups excluding carboxylic acids is 1. The van der Waals surface area contributed by atoms with Gasteiger partial charge in [-0.1, -0.05) is 19.8 Å². The Bertz CT molecular complexity index is 400. The molecule has 18 heavy (non-hydrogen) atoms. The summed E-state index contributed by atoms with van der Waals surface area (Å²) in [5.74, 6) is 1.11.